The van der Waals surface area contributed by atoms with Crippen LogP contribution in [0.15, 0.2) is 18.2 Å². The number of halogens is 3. The van der Waals surface area contributed by atoms with Crippen LogP contribution < -0.4 is 5.32 Å². The summed E-state index contributed by atoms with van der Waals surface area (Å²) in [5.41, 5.74) is 0.527. The van der Waals surface area contributed by atoms with Gasteiger partial charge in [-0.1, -0.05) is 11.6 Å². The van der Waals surface area contributed by atoms with Crippen molar-refractivity contribution in [3.63, 3.8) is 0 Å². The fourth-order valence-corrected chi connectivity index (χ4v) is 1.28. The molecule has 0 aliphatic rings. The van der Waals surface area contributed by atoms with E-state index in [2.05, 4.69) is 5.32 Å². The number of alkyl halides is 1. The van der Waals surface area contributed by atoms with Gasteiger partial charge in [0.25, 0.3) is 0 Å². The molecule has 0 aromatic heterocycles. The molecule has 1 unspecified atom stereocenters. The third-order valence-electron chi connectivity index (χ3n) is 1.58. The van der Waals surface area contributed by atoms with E-state index in [1.165, 1.54) is 12.1 Å². The van der Waals surface area contributed by atoms with Crippen molar-refractivity contribution in [1.29, 1.82) is 0 Å². The summed E-state index contributed by atoms with van der Waals surface area (Å²) in [6, 6.07) is 4.09. The second kappa shape index (κ2) is 5.39. The predicted molar refractivity (Wildman–Crippen MR) is 56.6 cm³/mol. The number of rotatable bonds is 4. The number of aliphatic hydroxyl groups excluding tert-OH is 1. The molecule has 0 spiro atoms. The maximum absolute atomic E-state index is 12.8. The molecule has 2 N–H and O–H groups in total. The molecule has 2 nitrogen and oxygen atoms in total. The van der Waals surface area contributed by atoms with Crippen molar-refractivity contribution < 1.29 is 9.50 Å². The second-order valence-electron chi connectivity index (χ2n) is 2.85. The summed E-state index contributed by atoms with van der Waals surface area (Å²) in [5, 5.41) is 12.3. The van der Waals surface area contributed by atoms with E-state index >= 15 is 0 Å². The van der Waals surface area contributed by atoms with E-state index in [9.17, 15) is 4.39 Å². The van der Waals surface area contributed by atoms with Gasteiger partial charge in [0, 0.05) is 17.3 Å². The molecule has 0 heterocycles. The summed E-state index contributed by atoms with van der Waals surface area (Å²) in [7, 11) is 0. The molecule has 0 saturated heterocycles. The van der Waals surface area contributed by atoms with Crippen LogP contribution in [0.25, 0.3) is 0 Å². The van der Waals surface area contributed by atoms with Gasteiger partial charge in [-0.3, -0.25) is 0 Å². The first kappa shape index (κ1) is 11.6. The van der Waals surface area contributed by atoms with Crippen molar-refractivity contribution in [2.45, 2.75) is 6.10 Å². The van der Waals surface area contributed by atoms with Crippen LogP contribution in [0.5, 0.6) is 0 Å². The zero-order valence-corrected chi connectivity index (χ0v) is 8.82. The lowest BCUT2D eigenvalue weighted by Gasteiger charge is -2.10. The Kier molecular flexibility index (Phi) is 4.45. The quantitative estimate of drug-likeness (QED) is 0.790. The minimum absolute atomic E-state index is 0.135. The molecule has 0 bridgehead atoms. The molecule has 0 aliphatic carbocycles. The van der Waals surface area contributed by atoms with E-state index in [1.54, 1.807) is 6.07 Å². The molecule has 0 radical (unpaired) electrons. The molecule has 1 aromatic carbocycles. The van der Waals surface area contributed by atoms with Crippen LogP contribution in [-0.4, -0.2) is 23.6 Å². The highest BCUT2D eigenvalue weighted by Crippen LogP contribution is 2.17. The van der Waals surface area contributed by atoms with Crippen LogP contribution in [0.4, 0.5) is 10.1 Å². The first-order valence-corrected chi connectivity index (χ1v) is 4.97. The summed E-state index contributed by atoms with van der Waals surface area (Å²) < 4.78 is 12.8. The largest absolute Gasteiger partial charge is 0.390 e. The number of benzene rings is 1. The van der Waals surface area contributed by atoms with E-state index in [0.29, 0.717) is 10.7 Å². The van der Waals surface area contributed by atoms with Gasteiger partial charge in [-0.2, -0.15) is 0 Å². The van der Waals surface area contributed by atoms with Crippen LogP contribution in [0.2, 0.25) is 5.02 Å². The number of nitrogens with one attached hydrogen (secondary N) is 1. The summed E-state index contributed by atoms with van der Waals surface area (Å²) in [4.78, 5) is 0. The minimum Gasteiger partial charge on any atom is -0.390 e. The molecular weight excluding hydrogens is 228 g/mol. The highest BCUT2D eigenvalue weighted by molar-refractivity contribution is 6.30. The fraction of sp³-hybridized carbons (Fsp3) is 0.333. The Bertz CT molecular complexity index is 289. The number of hydrogen-bond acceptors (Lipinski definition) is 2. The lowest BCUT2D eigenvalue weighted by atomic mass is 10.3. The molecule has 0 fully saturated rings. The molecule has 0 amide bonds. The maximum Gasteiger partial charge on any atom is 0.126 e. The Balaban J connectivity index is 2.58. The summed E-state index contributed by atoms with van der Waals surface area (Å²) >= 11 is 11.0. The van der Waals surface area contributed by atoms with E-state index in [1.807, 2.05) is 0 Å². The molecule has 1 aromatic rings. The molecule has 1 rings (SSSR count). The smallest absolute Gasteiger partial charge is 0.126 e. The normalized spacial score (nSPS) is 12.6. The highest BCUT2D eigenvalue weighted by Gasteiger charge is 2.03. The maximum atomic E-state index is 12.8. The van der Waals surface area contributed by atoms with Gasteiger partial charge in [-0.05, 0) is 18.2 Å². The van der Waals surface area contributed by atoms with Crippen molar-refractivity contribution in [1.82, 2.24) is 0 Å². The van der Waals surface area contributed by atoms with Gasteiger partial charge < -0.3 is 10.4 Å². The molecule has 0 saturated carbocycles. The van der Waals surface area contributed by atoms with Crippen molar-refractivity contribution in [2.75, 3.05) is 17.7 Å². The Labute approximate surface area is 91.6 Å². The zero-order valence-electron chi connectivity index (χ0n) is 7.30. The monoisotopic (exact) mass is 237 g/mol. The van der Waals surface area contributed by atoms with Crippen LogP contribution in [0, 0.1) is 5.82 Å². The molecule has 78 valence electrons. The number of anilines is 1. The summed E-state index contributed by atoms with van der Waals surface area (Å²) in [5.74, 6) is -0.281. The van der Waals surface area contributed by atoms with Gasteiger partial charge in [0.1, 0.15) is 5.82 Å². The van der Waals surface area contributed by atoms with Crippen LogP contribution in [0.1, 0.15) is 0 Å². The average Bonchev–Trinajstić information content (AvgIpc) is 2.12. The van der Waals surface area contributed by atoms with Crippen molar-refractivity contribution in [2.24, 2.45) is 0 Å². The Hall–Kier alpha value is -0.510. The molecule has 14 heavy (non-hydrogen) atoms. The lowest BCUT2D eigenvalue weighted by molar-refractivity contribution is 0.211. The predicted octanol–water partition coefficient (Wildman–Crippen LogP) is 2.49. The Morgan fingerprint density at radius 3 is 2.71 bits per heavy atom. The number of hydrogen-bond donors (Lipinski definition) is 2. The third-order valence-corrected chi connectivity index (χ3v) is 2.16. The first-order chi connectivity index (χ1) is 6.61. The average molecular weight is 238 g/mol. The first-order valence-electron chi connectivity index (χ1n) is 4.06. The Morgan fingerprint density at radius 1 is 1.43 bits per heavy atom. The van der Waals surface area contributed by atoms with Crippen LogP contribution >= 0.6 is 23.2 Å². The van der Waals surface area contributed by atoms with Gasteiger partial charge in [0.2, 0.25) is 0 Å². The van der Waals surface area contributed by atoms with Crippen molar-refractivity contribution in [3.05, 3.63) is 29.0 Å². The van der Waals surface area contributed by atoms with Gasteiger partial charge in [0.15, 0.2) is 0 Å². The summed E-state index contributed by atoms with van der Waals surface area (Å²) in [6.07, 6.45) is -0.654. The minimum atomic E-state index is -0.654. The second-order valence-corrected chi connectivity index (χ2v) is 3.59. The number of aliphatic hydroxyl groups is 1. The highest BCUT2D eigenvalue weighted by atomic mass is 35.5. The van der Waals surface area contributed by atoms with Gasteiger partial charge >= 0.3 is 0 Å². The lowest BCUT2D eigenvalue weighted by Crippen LogP contribution is -2.20. The van der Waals surface area contributed by atoms with E-state index in [-0.39, 0.29) is 12.4 Å². The van der Waals surface area contributed by atoms with Crippen LogP contribution in [-0.2, 0) is 0 Å². The third kappa shape index (κ3) is 3.70. The SMILES string of the molecule is OC(CCl)CNc1cc(F)cc(Cl)c1. The summed E-state index contributed by atoms with van der Waals surface area (Å²) in [6.45, 7) is 0.267. The van der Waals surface area contributed by atoms with Crippen molar-refractivity contribution in [3.8, 4) is 0 Å². The zero-order chi connectivity index (χ0) is 10.6. The van der Waals surface area contributed by atoms with Gasteiger partial charge in [0.05, 0.1) is 12.0 Å². The van der Waals surface area contributed by atoms with Crippen LogP contribution in [0.3, 0.4) is 0 Å². The van der Waals surface area contributed by atoms with E-state index in [4.69, 9.17) is 28.3 Å². The Morgan fingerprint density at radius 2 is 2.14 bits per heavy atom. The molecule has 0 aliphatic heterocycles. The van der Waals surface area contributed by atoms with E-state index < -0.39 is 11.9 Å². The standard InChI is InChI=1S/C9H10Cl2FNO/c10-4-9(14)5-13-8-2-6(11)1-7(12)3-8/h1-3,9,13-14H,4-5H2. The van der Waals surface area contributed by atoms with Gasteiger partial charge in [-0.25, -0.2) is 4.39 Å². The molecular formula is C9H10Cl2FNO. The van der Waals surface area contributed by atoms with Gasteiger partial charge in [-0.15, -0.1) is 11.6 Å². The molecule has 5 heteroatoms. The fourth-order valence-electron chi connectivity index (χ4n) is 0.946. The topological polar surface area (TPSA) is 32.3 Å². The van der Waals surface area contributed by atoms with Crippen molar-refractivity contribution >= 4 is 28.9 Å². The molecule has 1 atom stereocenters. The van der Waals surface area contributed by atoms with E-state index in [0.717, 1.165) is 0 Å².